The van der Waals surface area contributed by atoms with Gasteiger partial charge in [-0.25, -0.2) is 17.5 Å². The highest BCUT2D eigenvalue weighted by Gasteiger charge is 2.20. The molecule has 1 aliphatic rings. The summed E-state index contributed by atoms with van der Waals surface area (Å²) in [5.74, 6) is -0.378. The van der Waals surface area contributed by atoms with E-state index in [-0.39, 0.29) is 17.3 Å². The van der Waals surface area contributed by atoms with E-state index in [0.29, 0.717) is 5.56 Å². The summed E-state index contributed by atoms with van der Waals surface area (Å²) in [6.07, 6.45) is 3.62. The van der Waals surface area contributed by atoms with Crippen molar-refractivity contribution in [1.29, 1.82) is 0 Å². The van der Waals surface area contributed by atoms with Crippen molar-refractivity contribution in [2.75, 3.05) is 13.7 Å². The Morgan fingerprint density at radius 3 is 2.60 bits per heavy atom. The van der Waals surface area contributed by atoms with Crippen LogP contribution in [-0.4, -0.2) is 22.1 Å². The lowest BCUT2D eigenvalue weighted by atomic mass is 9.92. The van der Waals surface area contributed by atoms with Crippen LogP contribution in [0.4, 0.5) is 4.39 Å². The summed E-state index contributed by atoms with van der Waals surface area (Å²) in [5.41, 5.74) is 2.94. The molecule has 3 rings (SSSR count). The minimum atomic E-state index is -3.64. The maximum Gasteiger partial charge on any atom is 0.240 e. The van der Waals surface area contributed by atoms with Crippen molar-refractivity contribution in [2.24, 2.45) is 0 Å². The minimum Gasteiger partial charge on any atom is -0.375 e. The highest BCUT2D eigenvalue weighted by Crippen LogP contribution is 2.24. The smallest absolute Gasteiger partial charge is 0.240 e. The van der Waals surface area contributed by atoms with Crippen molar-refractivity contribution in [3.8, 4) is 0 Å². The van der Waals surface area contributed by atoms with E-state index in [9.17, 15) is 12.8 Å². The van der Waals surface area contributed by atoms with Crippen molar-refractivity contribution in [2.45, 2.75) is 36.7 Å². The second-order valence-corrected chi connectivity index (χ2v) is 8.04. The number of nitrogens with one attached hydrogen (secondary N) is 1. The third-order valence-corrected chi connectivity index (χ3v) is 6.02. The van der Waals surface area contributed by atoms with Gasteiger partial charge in [0.1, 0.15) is 5.82 Å². The molecule has 1 aliphatic carbocycles. The number of benzene rings is 2. The molecule has 0 aromatic heterocycles. The monoisotopic (exact) mass is 363 g/mol. The fourth-order valence-electron chi connectivity index (χ4n) is 3.19. The second kappa shape index (κ2) is 7.64. The molecule has 1 atom stereocenters. The number of rotatable bonds is 6. The number of fused-ring (bicyclic) bond motifs is 1. The summed E-state index contributed by atoms with van der Waals surface area (Å²) in [6.45, 7) is 0.0410. The molecule has 4 nitrogen and oxygen atoms in total. The van der Waals surface area contributed by atoms with Gasteiger partial charge in [-0.1, -0.05) is 18.2 Å². The van der Waals surface area contributed by atoms with Gasteiger partial charge < -0.3 is 4.74 Å². The minimum absolute atomic E-state index is 0.0410. The SMILES string of the molecule is CO[C@H](CNS(=O)(=O)c1ccc2c(c1)CCCC2)c1cccc(F)c1. The van der Waals surface area contributed by atoms with Gasteiger partial charge in [0, 0.05) is 13.7 Å². The predicted molar refractivity (Wildman–Crippen MR) is 94.4 cm³/mol. The lowest BCUT2D eigenvalue weighted by Crippen LogP contribution is -2.29. The van der Waals surface area contributed by atoms with E-state index < -0.39 is 16.1 Å². The van der Waals surface area contributed by atoms with Gasteiger partial charge in [-0.3, -0.25) is 0 Å². The predicted octanol–water partition coefficient (Wildman–Crippen LogP) is 3.37. The first-order chi connectivity index (χ1) is 12.0. The molecule has 0 bridgehead atoms. The van der Waals surface area contributed by atoms with Crippen molar-refractivity contribution in [3.63, 3.8) is 0 Å². The highest BCUT2D eigenvalue weighted by molar-refractivity contribution is 7.89. The molecule has 0 radical (unpaired) electrons. The third kappa shape index (κ3) is 4.26. The van der Waals surface area contributed by atoms with Gasteiger partial charge in [0.05, 0.1) is 11.0 Å². The van der Waals surface area contributed by atoms with E-state index in [1.807, 2.05) is 6.07 Å². The van der Waals surface area contributed by atoms with Crippen LogP contribution in [0.3, 0.4) is 0 Å². The average molecular weight is 363 g/mol. The zero-order valence-electron chi connectivity index (χ0n) is 14.2. The molecular weight excluding hydrogens is 341 g/mol. The summed E-state index contributed by atoms with van der Waals surface area (Å²) < 4.78 is 46.5. The van der Waals surface area contributed by atoms with Crippen LogP contribution in [0.25, 0.3) is 0 Å². The van der Waals surface area contributed by atoms with Crippen LogP contribution in [0.2, 0.25) is 0 Å². The van der Waals surface area contributed by atoms with Gasteiger partial charge in [0.2, 0.25) is 10.0 Å². The van der Waals surface area contributed by atoms with Gasteiger partial charge >= 0.3 is 0 Å². The zero-order chi connectivity index (χ0) is 17.9. The zero-order valence-corrected chi connectivity index (χ0v) is 15.0. The maximum atomic E-state index is 13.4. The second-order valence-electron chi connectivity index (χ2n) is 6.27. The van der Waals surface area contributed by atoms with Crippen LogP contribution >= 0.6 is 0 Å². The average Bonchev–Trinajstić information content (AvgIpc) is 2.62. The van der Waals surface area contributed by atoms with Crippen LogP contribution in [0, 0.1) is 5.82 Å². The van der Waals surface area contributed by atoms with Gasteiger partial charge in [0.15, 0.2) is 0 Å². The Bertz CT molecular complexity index is 851. The fraction of sp³-hybridized carbons (Fsp3) is 0.368. The number of hydrogen-bond acceptors (Lipinski definition) is 3. The molecule has 0 saturated carbocycles. The van der Waals surface area contributed by atoms with Gasteiger partial charge in [-0.15, -0.1) is 0 Å². The molecule has 2 aromatic carbocycles. The Labute approximate surface area is 148 Å². The fourth-order valence-corrected chi connectivity index (χ4v) is 4.27. The Kier molecular flexibility index (Phi) is 5.51. The first kappa shape index (κ1) is 18.0. The number of aryl methyl sites for hydroxylation is 2. The van der Waals surface area contributed by atoms with Crippen molar-refractivity contribution in [1.82, 2.24) is 4.72 Å². The summed E-state index contributed by atoms with van der Waals surface area (Å²) >= 11 is 0. The number of sulfonamides is 1. The molecule has 2 aromatic rings. The molecule has 0 unspecified atom stereocenters. The molecule has 0 heterocycles. The van der Waals surface area contributed by atoms with Crippen LogP contribution < -0.4 is 4.72 Å². The summed E-state index contributed by atoms with van der Waals surface area (Å²) in [5, 5.41) is 0. The Morgan fingerprint density at radius 2 is 1.88 bits per heavy atom. The van der Waals surface area contributed by atoms with Crippen LogP contribution in [-0.2, 0) is 27.6 Å². The van der Waals surface area contributed by atoms with E-state index in [1.165, 1.54) is 24.8 Å². The molecule has 6 heteroatoms. The highest BCUT2D eigenvalue weighted by atomic mass is 32.2. The van der Waals surface area contributed by atoms with E-state index in [2.05, 4.69) is 4.72 Å². The normalized spacial score (nSPS) is 15.6. The van der Waals surface area contributed by atoms with E-state index in [0.717, 1.165) is 31.2 Å². The van der Waals surface area contributed by atoms with Crippen LogP contribution in [0.1, 0.15) is 35.6 Å². The van der Waals surface area contributed by atoms with Crippen LogP contribution in [0.5, 0.6) is 0 Å². The molecule has 0 aliphatic heterocycles. The standard InChI is InChI=1S/C19H22FNO3S/c1-24-19(16-7-4-8-17(20)11-16)13-21-25(22,23)18-10-9-14-5-2-3-6-15(14)12-18/h4,7-12,19,21H,2-3,5-6,13H2,1H3/t19-/m1/s1. The maximum absolute atomic E-state index is 13.4. The molecule has 0 saturated heterocycles. The molecule has 0 spiro atoms. The quantitative estimate of drug-likeness (QED) is 0.856. The van der Waals surface area contributed by atoms with E-state index >= 15 is 0 Å². The molecule has 134 valence electrons. The van der Waals surface area contributed by atoms with Crippen molar-refractivity contribution >= 4 is 10.0 Å². The van der Waals surface area contributed by atoms with Gasteiger partial charge in [-0.2, -0.15) is 0 Å². The Balaban J connectivity index is 1.74. The lowest BCUT2D eigenvalue weighted by Gasteiger charge is -2.19. The molecule has 25 heavy (non-hydrogen) atoms. The summed E-state index contributed by atoms with van der Waals surface area (Å²) in [7, 11) is -2.17. The molecule has 0 fully saturated rings. The number of methoxy groups -OCH3 is 1. The van der Waals surface area contributed by atoms with Crippen molar-refractivity contribution in [3.05, 3.63) is 65.0 Å². The van der Waals surface area contributed by atoms with E-state index in [4.69, 9.17) is 4.74 Å². The topological polar surface area (TPSA) is 55.4 Å². The van der Waals surface area contributed by atoms with Gasteiger partial charge in [-0.05, 0) is 66.6 Å². The molecule has 1 N–H and O–H groups in total. The molecular formula is C19H22FNO3S. The lowest BCUT2D eigenvalue weighted by molar-refractivity contribution is 0.107. The summed E-state index contributed by atoms with van der Waals surface area (Å²) in [6, 6.07) is 11.3. The molecule has 0 amide bonds. The van der Waals surface area contributed by atoms with Crippen LogP contribution in [0.15, 0.2) is 47.4 Å². The number of ether oxygens (including phenoxy) is 1. The number of hydrogen-bond donors (Lipinski definition) is 1. The largest absolute Gasteiger partial charge is 0.375 e. The first-order valence-corrected chi connectivity index (χ1v) is 9.87. The summed E-state index contributed by atoms with van der Waals surface area (Å²) in [4.78, 5) is 0.266. The first-order valence-electron chi connectivity index (χ1n) is 8.39. The third-order valence-electron chi connectivity index (χ3n) is 4.59. The Morgan fingerprint density at radius 1 is 1.12 bits per heavy atom. The van der Waals surface area contributed by atoms with Gasteiger partial charge in [0.25, 0.3) is 0 Å². The van der Waals surface area contributed by atoms with E-state index in [1.54, 1.807) is 24.3 Å². The number of halogens is 1. The van der Waals surface area contributed by atoms with Crippen molar-refractivity contribution < 1.29 is 17.5 Å². The Hall–Kier alpha value is -1.76.